The fourth-order valence-corrected chi connectivity index (χ4v) is 4.55. The van der Waals surface area contributed by atoms with Gasteiger partial charge >= 0.3 is 6.03 Å². The topological polar surface area (TPSA) is 125 Å². The van der Waals surface area contributed by atoms with Gasteiger partial charge in [0.05, 0.1) is 5.75 Å². The maximum Gasteiger partial charge on any atom is 0.344 e. The predicted molar refractivity (Wildman–Crippen MR) is 119 cm³/mol. The number of hydrogen-bond acceptors (Lipinski definition) is 5. The molecule has 1 heterocycles. The van der Waals surface area contributed by atoms with Gasteiger partial charge in [-0.1, -0.05) is 52.0 Å². The van der Waals surface area contributed by atoms with Gasteiger partial charge in [-0.2, -0.15) is 5.01 Å². The lowest BCUT2D eigenvalue weighted by Crippen LogP contribution is -2.48. The minimum atomic E-state index is -3.51. The zero-order chi connectivity index (χ0) is 23.1. The Hall–Kier alpha value is -2.62. The van der Waals surface area contributed by atoms with Gasteiger partial charge in [-0.25, -0.2) is 13.2 Å². The van der Waals surface area contributed by atoms with Gasteiger partial charge < -0.3 is 5.32 Å². The van der Waals surface area contributed by atoms with Crippen LogP contribution in [0.3, 0.4) is 0 Å². The average Bonchev–Trinajstić information content (AvgIpc) is 2.90. The summed E-state index contributed by atoms with van der Waals surface area (Å²) in [5.41, 5.74) is 1.62. The summed E-state index contributed by atoms with van der Waals surface area (Å²) < 4.78 is 26.3. The molecule has 0 radical (unpaired) electrons. The summed E-state index contributed by atoms with van der Waals surface area (Å²) in [5.74, 6) is -1.24. The molecule has 1 aliphatic rings. The fraction of sp³-hybridized carbons (Fsp3) is 0.571. The Balaban J connectivity index is 2.02. The van der Waals surface area contributed by atoms with Crippen LogP contribution in [0.4, 0.5) is 10.5 Å². The summed E-state index contributed by atoms with van der Waals surface area (Å²) in [6.07, 6.45) is 6.04. The maximum absolute atomic E-state index is 12.8. The van der Waals surface area contributed by atoms with Crippen LogP contribution < -0.4 is 15.5 Å². The van der Waals surface area contributed by atoms with E-state index in [1.807, 2.05) is 0 Å². The van der Waals surface area contributed by atoms with Crippen molar-refractivity contribution in [3.05, 3.63) is 29.8 Å². The first-order chi connectivity index (χ1) is 14.6. The second-order valence-corrected chi connectivity index (χ2v) is 9.85. The standard InChI is InChI=1S/C21H32N4O5S/c1-4-6-7-8-9-13-21(3)19(27)25(20(28)22-21)23-18(26)16-11-10-12-17(15-16)24-31(29,30)14-5-2/h10-12,15,24H,4-9,13-14H2,1-3H3,(H,22,28)(H,23,26)/t21-/m1/s1. The summed E-state index contributed by atoms with van der Waals surface area (Å²) >= 11 is 0. The van der Waals surface area contributed by atoms with Crippen LogP contribution in [0.15, 0.2) is 24.3 Å². The van der Waals surface area contributed by atoms with Gasteiger partial charge in [0.15, 0.2) is 0 Å². The van der Waals surface area contributed by atoms with Gasteiger partial charge in [-0.05, 0) is 38.0 Å². The van der Waals surface area contributed by atoms with Crippen LogP contribution in [-0.2, 0) is 14.8 Å². The highest BCUT2D eigenvalue weighted by Crippen LogP contribution is 2.23. The van der Waals surface area contributed by atoms with E-state index in [0.29, 0.717) is 17.9 Å². The van der Waals surface area contributed by atoms with E-state index < -0.39 is 33.4 Å². The summed E-state index contributed by atoms with van der Waals surface area (Å²) in [6.45, 7) is 5.53. The lowest BCUT2D eigenvalue weighted by atomic mass is 9.94. The normalized spacial score (nSPS) is 18.7. The number of urea groups is 1. The molecule has 0 aromatic heterocycles. The second-order valence-electron chi connectivity index (χ2n) is 8.01. The molecular weight excluding hydrogens is 420 g/mol. The Morgan fingerprint density at radius 1 is 1.10 bits per heavy atom. The monoisotopic (exact) mass is 452 g/mol. The highest BCUT2D eigenvalue weighted by Gasteiger charge is 2.48. The molecule has 0 spiro atoms. The molecule has 1 atom stereocenters. The molecule has 4 amide bonds. The number of carbonyl (C=O) groups is 3. The molecular formula is C21H32N4O5S. The number of benzene rings is 1. The first kappa shape index (κ1) is 24.6. The van der Waals surface area contributed by atoms with Gasteiger partial charge in [0.2, 0.25) is 10.0 Å². The Morgan fingerprint density at radius 2 is 1.81 bits per heavy atom. The molecule has 0 unspecified atom stereocenters. The Kier molecular flexibility index (Phi) is 8.43. The molecule has 10 heteroatoms. The number of nitrogens with one attached hydrogen (secondary N) is 3. The van der Waals surface area contributed by atoms with Crippen molar-refractivity contribution in [1.29, 1.82) is 0 Å². The molecule has 172 valence electrons. The molecule has 9 nitrogen and oxygen atoms in total. The van der Waals surface area contributed by atoms with Gasteiger partial charge in [0, 0.05) is 11.3 Å². The largest absolute Gasteiger partial charge is 0.344 e. The molecule has 0 saturated carbocycles. The van der Waals surface area contributed by atoms with Crippen LogP contribution in [0.2, 0.25) is 0 Å². The minimum Gasteiger partial charge on any atom is -0.322 e. The van der Waals surface area contributed by atoms with E-state index in [0.717, 1.165) is 32.1 Å². The van der Waals surface area contributed by atoms with Crippen molar-refractivity contribution in [2.75, 3.05) is 10.5 Å². The van der Waals surface area contributed by atoms with Gasteiger partial charge in [-0.15, -0.1) is 0 Å². The van der Waals surface area contributed by atoms with E-state index in [9.17, 15) is 22.8 Å². The first-order valence-electron chi connectivity index (χ1n) is 10.7. The number of sulfonamides is 1. The number of unbranched alkanes of at least 4 members (excludes halogenated alkanes) is 4. The summed E-state index contributed by atoms with van der Waals surface area (Å²) in [4.78, 5) is 37.7. The molecule has 2 rings (SSSR count). The number of imide groups is 1. The van der Waals surface area contributed by atoms with E-state index in [4.69, 9.17) is 0 Å². The Bertz CT molecular complexity index is 918. The number of hydrazine groups is 1. The second kappa shape index (κ2) is 10.6. The molecule has 0 aliphatic carbocycles. The van der Waals surface area contributed by atoms with Crippen LogP contribution in [0.1, 0.15) is 76.1 Å². The highest BCUT2D eigenvalue weighted by atomic mass is 32.2. The van der Waals surface area contributed by atoms with Crippen LogP contribution in [0, 0.1) is 0 Å². The number of anilines is 1. The number of carbonyl (C=O) groups excluding carboxylic acids is 3. The van der Waals surface area contributed by atoms with Gasteiger partial charge in [-0.3, -0.25) is 19.7 Å². The Morgan fingerprint density at radius 3 is 2.48 bits per heavy atom. The van der Waals surface area contributed by atoms with Crippen molar-refractivity contribution in [2.24, 2.45) is 0 Å². The molecule has 3 N–H and O–H groups in total. The van der Waals surface area contributed by atoms with E-state index in [1.54, 1.807) is 13.8 Å². The number of amides is 4. The minimum absolute atomic E-state index is 0.0388. The average molecular weight is 453 g/mol. The zero-order valence-electron chi connectivity index (χ0n) is 18.4. The fourth-order valence-electron chi connectivity index (χ4n) is 3.43. The molecule has 31 heavy (non-hydrogen) atoms. The molecule has 1 aliphatic heterocycles. The number of nitrogens with zero attached hydrogens (tertiary/aromatic N) is 1. The van der Waals surface area contributed by atoms with Crippen LogP contribution >= 0.6 is 0 Å². The summed E-state index contributed by atoms with van der Waals surface area (Å²) in [5, 5.41) is 3.36. The smallest absolute Gasteiger partial charge is 0.322 e. The van der Waals surface area contributed by atoms with Crippen molar-refractivity contribution in [2.45, 2.75) is 71.3 Å². The van der Waals surface area contributed by atoms with E-state index in [-0.39, 0.29) is 17.0 Å². The van der Waals surface area contributed by atoms with Crippen LogP contribution in [0.5, 0.6) is 0 Å². The summed E-state index contributed by atoms with van der Waals surface area (Å²) in [6, 6.07) is 5.18. The number of hydrogen-bond donors (Lipinski definition) is 3. The molecule has 1 saturated heterocycles. The van der Waals surface area contributed by atoms with Crippen LogP contribution in [0.25, 0.3) is 0 Å². The first-order valence-corrected chi connectivity index (χ1v) is 12.4. The molecule has 1 aromatic rings. The summed E-state index contributed by atoms with van der Waals surface area (Å²) in [7, 11) is -3.51. The molecule has 1 fully saturated rings. The number of rotatable bonds is 12. The van der Waals surface area contributed by atoms with E-state index in [2.05, 4.69) is 22.4 Å². The SMILES string of the molecule is CCCCCCC[C@@]1(C)NC(=O)N(NC(=O)c2cccc(NS(=O)(=O)CCC)c2)C1=O. The van der Waals surface area contributed by atoms with Crippen LogP contribution in [-0.4, -0.2) is 42.6 Å². The highest BCUT2D eigenvalue weighted by molar-refractivity contribution is 7.92. The Labute approximate surface area is 184 Å². The predicted octanol–water partition coefficient (Wildman–Crippen LogP) is 3.15. The quantitative estimate of drug-likeness (QED) is 0.332. The third kappa shape index (κ3) is 6.68. The van der Waals surface area contributed by atoms with Crippen molar-refractivity contribution < 1.29 is 22.8 Å². The third-order valence-electron chi connectivity index (χ3n) is 5.13. The van der Waals surface area contributed by atoms with Crippen molar-refractivity contribution >= 4 is 33.6 Å². The van der Waals surface area contributed by atoms with Crippen molar-refractivity contribution in [1.82, 2.24) is 15.8 Å². The van der Waals surface area contributed by atoms with Crippen molar-refractivity contribution in [3.8, 4) is 0 Å². The van der Waals surface area contributed by atoms with Gasteiger partial charge in [0.1, 0.15) is 5.54 Å². The van der Waals surface area contributed by atoms with E-state index in [1.165, 1.54) is 24.3 Å². The lowest BCUT2D eigenvalue weighted by Gasteiger charge is -2.21. The van der Waals surface area contributed by atoms with Gasteiger partial charge in [0.25, 0.3) is 11.8 Å². The molecule has 0 bridgehead atoms. The maximum atomic E-state index is 12.8. The zero-order valence-corrected chi connectivity index (χ0v) is 19.2. The van der Waals surface area contributed by atoms with Crippen molar-refractivity contribution in [3.63, 3.8) is 0 Å². The lowest BCUT2D eigenvalue weighted by molar-refractivity contribution is -0.132. The third-order valence-corrected chi connectivity index (χ3v) is 6.62. The molecule has 1 aromatic carbocycles. The van der Waals surface area contributed by atoms with E-state index >= 15 is 0 Å².